The van der Waals surface area contributed by atoms with Gasteiger partial charge in [-0.05, 0) is 48.6 Å². The lowest BCUT2D eigenvalue weighted by Crippen LogP contribution is -2.33. The second kappa shape index (κ2) is 11.1. The van der Waals surface area contributed by atoms with Gasteiger partial charge in [0.25, 0.3) is 0 Å². The zero-order chi connectivity index (χ0) is 23.0. The molecule has 2 rings (SSSR count). The summed E-state index contributed by atoms with van der Waals surface area (Å²) in [6.45, 7) is 4.19. The fraction of sp³-hybridized carbons (Fsp3) is 0.435. The Labute approximate surface area is 184 Å². The molecule has 0 heterocycles. The van der Waals surface area contributed by atoms with Crippen molar-refractivity contribution in [1.82, 2.24) is 5.32 Å². The molecule has 0 aliphatic heterocycles. The highest BCUT2D eigenvalue weighted by Gasteiger charge is 2.21. The fourth-order valence-electron chi connectivity index (χ4n) is 3.35. The molecule has 1 amide bonds. The summed E-state index contributed by atoms with van der Waals surface area (Å²) in [6.07, 6.45) is 2.19. The number of halogens is 1. The molecule has 8 heteroatoms. The van der Waals surface area contributed by atoms with Crippen molar-refractivity contribution in [3.05, 3.63) is 59.9 Å². The van der Waals surface area contributed by atoms with Crippen molar-refractivity contribution in [3.8, 4) is 5.75 Å². The van der Waals surface area contributed by atoms with E-state index in [0.717, 1.165) is 28.3 Å². The minimum absolute atomic E-state index is 0.0127. The van der Waals surface area contributed by atoms with E-state index < -0.39 is 15.8 Å². The first-order valence-corrected chi connectivity index (χ1v) is 12.1. The van der Waals surface area contributed by atoms with Gasteiger partial charge in [-0.3, -0.25) is 9.10 Å². The first-order valence-electron chi connectivity index (χ1n) is 10.3. The summed E-state index contributed by atoms with van der Waals surface area (Å²) in [5, 5.41) is 3.04. The molecule has 31 heavy (non-hydrogen) atoms. The molecule has 1 atom stereocenters. The van der Waals surface area contributed by atoms with Crippen molar-refractivity contribution in [1.29, 1.82) is 0 Å². The quantitative estimate of drug-likeness (QED) is 0.554. The van der Waals surface area contributed by atoms with E-state index in [1.165, 1.54) is 18.2 Å². The Hall–Kier alpha value is -2.61. The zero-order valence-electron chi connectivity index (χ0n) is 18.5. The van der Waals surface area contributed by atoms with Crippen LogP contribution in [0.2, 0.25) is 0 Å². The number of carbonyl (C=O) groups excluding carboxylic acids is 1. The molecule has 170 valence electrons. The molecule has 0 saturated heterocycles. The number of hydrogen-bond donors (Lipinski definition) is 1. The summed E-state index contributed by atoms with van der Waals surface area (Å²) in [4.78, 5) is 12.6. The van der Waals surface area contributed by atoms with Crippen LogP contribution in [0.3, 0.4) is 0 Å². The van der Waals surface area contributed by atoms with Crippen molar-refractivity contribution in [3.63, 3.8) is 0 Å². The van der Waals surface area contributed by atoms with Crippen LogP contribution in [0.5, 0.6) is 5.75 Å². The smallest absolute Gasteiger partial charge is 0.232 e. The first-order chi connectivity index (χ1) is 14.6. The van der Waals surface area contributed by atoms with E-state index in [1.807, 2.05) is 24.3 Å². The van der Waals surface area contributed by atoms with E-state index in [-0.39, 0.29) is 37.0 Å². The van der Waals surface area contributed by atoms with E-state index in [4.69, 9.17) is 4.74 Å². The second-order valence-corrected chi connectivity index (χ2v) is 9.82. The zero-order valence-corrected chi connectivity index (χ0v) is 19.3. The van der Waals surface area contributed by atoms with Crippen molar-refractivity contribution in [2.75, 3.05) is 24.2 Å². The van der Waals surface area contributed by atoms with Crippen LogP contribution in [-0.4, -0.2) is 34.2 Å². The van der Waals surface area contributed by atoms with E-state index in [0.29, 0.717) is 5.92 Å². The van der Waals surface area contributed by atoms with Crippen LogP contribution in [-0.2, 0) is 14.8 Å². The highest BCUT2D eigenvalue weighted by atomic mass is 32.2. The largest absolute Gasteiger partial charge is 0.497 e. The number of nitrogens with zero attached hydrogens (tertiary/aromatic N) is 1. The van der Waals surface area contributed by atoms with Crippen LogP contribution in [0.1, 0.15) is 44.7 Å². The summed E-state index contributed by atoms with van der Waals surface area (Å²) in [5.74, 6) is 0.318. The molecule has 0 fully saturated rings. The maximum atomic E-state index is 14.1. The Kier molecular flexibility index (Phi) is 8.86. The van der Waals surface area contributed by atoms with E-state index >= 15 is 0 Å². The molecule has 0 bridgehead atoms. The topological polar surface area (TPSA) is 75.7 Å². The predicted molar refractivity (Wildman–Crippen MR) is 121 cm³/mol. The lowest BCUT2D eigenvalue weighted by molar-refractivity contribution is -0.122. The van der Waals surface area contributed by atoms with Gasteiger partial charge in [0.05, 0.1) is 25.1 Å². The molecule has 0 saturated carbocycles. The summed E-state index contributed by atoms with van der Waals surface area (Å²) in [6, 6.07) is 13.1. The Morgan fingerprint density at radius 2 is 1.77 bits per heavy atom. The van der Waals surface area contributed by atoms with Gasteiger partial charge in [-0.1, -0.05) is 38.1 Å². The summed E-state index contributed by atoms with van der Waals surface area (Å²) >= 11 is 0. The Bertz CT molecular complexity index is 962. The van der Waals surface area contributed by atoms with Crippen LogP contribution in [0, 0.1) is 11.7 Å². The molecular formula is C23H31FN2O4S. The first kappa shape index (κ1) is 24.7. The molecule has 2 aromatic carbocycles. The van der Waals surface area contributed by atoms with E-state index in [1.54, 1.807) is 13.2 Å². The van der Waals surface area contributed by atoms with Gasteiger partial charge in [0.2, 0.25) is 15.9 Å². The summed E-state index contributed by atoms with van der Waals surface area (Å²) < 4.78 is 44.6. The molecule has 1 unspecified atom stereocenters. The van der Waals surface area contributed by atoms with Gasteiger partial charge in [-0.15, -0.1) is 0 Å². The number of anilines is 1. The molecule has 0 aliphatic carbocycles. The normalized spacial score (nSPS) is 12.5. The van der Waals surface area contributed by atoms with Crippen LogP contribution in [0.25, 0.3) is 0 Å². The monoisotopic (exact) mass is 450 g/mol. The van der Waals surface area contributed by atoms with Crippen LogP contribution in [0.15, 0.2) is 48.5 Å². The number of ether oxygens (including phenoxy) is 1. The average molecular weight is 451 g/mol. The average Bonchev–Trinajstić information content (AvgIpc) is 2.70. The maximum Gasteiger partial charge on any atom is 0.232 e. The maximum absolute atomic E-state index is 14.1. The number of rotatable bonds is 11. The Morgan fingerprint density at radius 3 is 2.32 bits per heavy atom. The van der Waals surface area contributed by atoms with Gasteiger partial charge in [-0.25, -0.2) is 12.8 Å². The van der Waals surface area contributed by atoms with Gasteiger partial charge < -0.3 is 10.1 Å². The predicted octanol–water partition coefficient (Wildman–Crippen LogP) is 4.28. The Balaban J connectivity index is 2.02. The summed E-state index contributed by atoms with van der Waals surface area (Å²) in [5.41, 5.74) is 0.966. The molecular weight excluding hydrogens is 419 g/mol. The van der Waals surface area contributed by atoms with Crippen molar-refractivity contribution < 1.29 is 22.3 Å². The number of benzene rings is 2. The highest BCUT2D eigenvalue weighted by molar-refractivity contribution is 7.92. The molecule has 6 nitrogen and oxygen atoms in total. The number of amides is 1. The second-order valence-electron chi connectivity index (χ2n) is 7.91. The minimum atomic E-state index is -3.68. The van der Waals surface area contributed by atoms with Gasteiger partial charge in [0.15, 0.2) is 0 Å². The number of methoxy groups -OCH3 is 1. The molecule has 2 aromatic rings. The molecule has 0 aromatic heterocycles. The number of sulfonamides is 1. The molecule has 1 N–H and O–H groups in total. The molecule has 0 radical (unpaired) electrons. The number of carbonyl (C=O) groups is 1. The molecule has 0 spiro atoms. The lowest BCUT2D eigenvalue weighted by Gasteiger charge is -2.24. The van der Waals surface area contributed by atoms with E-state index in [2.05, 4.69) is 19.2 Å². The minimum Gasteiger partial charge on any atom is -0.497 e. The number of hydrogen-bond acceptors (Lipinski definition) is 4. The number of nitrogens with one attached hydrogen (secondary N) is 1. The third-order valence-electron chi connectivity index (χ3n) is 4.85. The summed E-state index contributed by atoms with van der Waals surface area (Å²) in [7, 11) is -2.08. The highest BCUT2D eigenvalue weighted by Crippen LogP contribution is 2.24. The van der Waals surface area contributed by atoms with Gasteiger partial charge in [0, 0.05) is 13.0 Å². The van der Waals surface area contributed by atoms with Gasteiger partial charge in [0.1, 0.15) is 11.6 Å². The van der Waals surface area contributed by atoms with E-state index in [9.17, 15) is 17.6 Å². The van der Waals surface area contributed by atoms with Crippen molar-refractivity contribution >= 4 is 21.6 Å². The third kappa shape index (κ3) is 7.54. The van der Waals surface area contributed by atoms with Crippen LogP contribution < -0.4 is 14.4 Å². The third-order valence-corrected chi connectivity index (χ3v) is 6.03. The van der Waals surface area contributed by atoms with Crippen LogP contribution in [0.4, 0.5) is 10.1 Å². The number of para-hydroxylation sites is 1. The SMILES string of the molecule is COc1ccc(C(CC(C)C)NC(=O)CCCN(c2ccccc2F)S(C)(=O)=O)cc1. The lowest BCUT2D eigenvalue weighted by atomic mass is 9.96. The molecule has 0 aliphatic rings. The van der Waals surface area contributed by atoms with Crippen LogP contribution >= 0.6 is 0 Å². The fourth-order valence-corrected chi connectivity index (χ4v) is 4.32. The van der Waals surface area contributed by atoms with Gasteiger partial charge in [-0.2, -0.15) is 0 Å². The Morgan fingerprint density at radius 1 is 1.13 bits per heavy atom. The standard InChI is InChI=1S/C23H31FN2O4S/c1-17(2)16-21(18-11-13-19(30-3)14-12-18)25-23(27)10-7-15-26(31(4,28)29)22-9-6-5-8-20(22)24/h5-6,8-9,11-14,17,21H,7,10,15-16H2,1-4H3,(H,25,27). The van der Waals surface area contributed by atoms with Crippen molar-refractivity contribution in [2.45, 2.75) is 39.2 Å². The van der Waals surface area contributed by atoms with Gasteiger partial charge >= 0.3 is 0 Å². The van der Waals surface area contributed by atoms with Crippen molar-refractivity contribution in [2.24, 2.45) is 5.92 Å².